The lowest BCUT2D eigenvalue weighted by molar-refractivity contribution is 0.171. The second kappa shape index (κ2) is 6.07. The first kappa shape index (κ1) is 15.0. The van der Waals surface area contributed by atoms with Crippen molar-refractivity contribution in [3.05, 3.63) is 56.5 Å². The van der Waals surface area contributed by atoms with E-state index in [1.54, 1.807) is 0 Å². The highest BCUT2D eigenvalue weighted by atomic mass is 79.9. The maximum absolute atomic E-state index is 6.63. The lowest BCUT2D eigenvalue weighted by atomic mass is 10.0. The van der Waals surface area contributed by atoms with E-state index in [-0.39, 0.29) is 5.38 Å². The molecule has 2 nitrogen and oxygen atoms in total. The van der Waals surface area contributed by atoms with Crippen LogP contribution in [0.25, 0.3) is 0 Å². The average molecular weight is 388 g/mol. The van der Waals surface area contributed by atoms with Gasteiger partial charge in [0.1, 0.15) is 13.2 Å². The summed E-state index contributed by atoms with van der Waals surface area (Å²) in [5, 5.41) is 0.306. The summed E-state index contributed by atoms with van der Waals surface area (Å²) in [6.07, 6.45) is 0. The Bertz CT molecular complexity index is 688. The van der Waals surface area contributed by atoms with Crippen LogP contribution in [0.3, 0.4) is 0 Å². The van der Waals surface area contributed by atoms with Gasteiger partial charge in [0.15, 0.2) is 11.5 Å². The first-order valence-electron chi connectivity index (χ1n) is 6.55. The summed E-state index contributed by atoms with van der Waals surface area (Å²) in [5.41, 5.74) is 2.89. The zero-order valence-corrected chi connectivity index (χ0v) is 14.4. The molecular weight excluding hydrogens is 375 g/mol. The summed E-state index contributed by atoms with van der Waals surface area (Å²) in [5.74, 6) is 1.45. The van der Waals surface area contributed by atoms with Crippen molar-refractivity contribution in [1.29, 1.82) is 0 Å². The van der Waals surface area contributed by atoms with E-state index in [0.717, 1.165) is 26.9 Å². The Kier molecular flexibility index (Phi) is 4.34. The molecule has 0 radical (unpaired) electrons. The number of ether oxygens (including phenoxy) is 2. The molecule has 21 heavy (non-hydrogen) atoms. The van der Waals surface area contributed by atoms with Gasteiger partial charge in [-0.2, -0.15) is 0 Å². The van der Waals surface area contributed by atoms with Crippen molar-refractivity contribution < 1.29 is 9.47 Å². The first-order valence-corrected chi connectivity index (χ1v) is 8.16. The predicted molar refractivity (Wildman–Crippen MR) is 89.0 cm³/mol. The SMILES string of the molecule is Cc1ccc(C(Cl)c2cc3c(cc2Br)OCCO3)c(Cl)c1. The van der Waals surface area contributed by atoms with E-state index in [0.29, 0.717) is 24.0 Å². The number of hydrogen-bond acceptors (Lipinski definition) is 2. The molecule has 1 unspecified atom stereocenters. The van der Waals surface area contributed by atoms with E-state index in [1.165, 1.54) is 0 Å². The third-order valence-corrected chi connectivity index (χ3v) is 4.85. The predicted octanol–water partition coefficient (Wildman–Crippen LogP) is 5.51. The third-order valence-electron chi connectivity index (χ3n) is 3.36. The van der Waals surface area contributed by atoms with Gasteiger partial charge in [0, 0.05) is 9.50 Å². The van der Waals surface area contributed by atoms with Gasteiger partial charge in [-0.15, -0.1) is 11.6 Å². The van der Waals surface area contributed by atoms with Gasteiger partial charge in [0.2, 0.25) is 0 Å². The molecule has 2 aromatic rings. The molecule has 0 bridgehead atoms. The van der Waals surface area contributed by atoms with Crippen molar-refractivity contribution in [2.45, 2.75) is 12.3 Å². The Morgan fingerprint density at radius 1 is 1.05 bits per heavy atom. The second-order valence-corrected chi connectivity index (χ2v) is 6.60. The van der Waals surface area contributed by atoms with E-state index in [1.807, 2.05) is 37.3 Å². The van der Waals surface area contributed by atoms with Crippen LogP contribution >= 0.6 is 39.1 Å². The minimum absolute atomic E-state index is 0.358. The lowest BCUT2D eigenvalue weighted by Gasteiger charge is -2.22. The van der Waals surface area contributed by atoms with E-state index in [2.05, 4.69) is 15.9 Å². The van der Waals surface area contributed by atoms with Crippen LogP contribution in [0.15, 0.2) is 34.8 Å². The molecule has 0 fully saturated rings. The molecule has 1 heterocycles. The van der Waals surface area contributed by atoms with Crippen LogP contribution < -0.4 is 9.47 Å². The molecule has 2 aromatic carbocycles. The van der Waals surface area contributed by atoms with Gasteiger partial charge in [-0.1, -0.05) is 39.7 Å². The molecule has 0 aromatic heterocycles. The smallest absolute Gasteiger partial charge is 0.162 e. The summed E-state index contributed by atoms with van der Waals surface area (Å²) >= 11 is 16.5. The minimum atomic E-state index is -0.358. The van der Waals surface area contributed by atoms with Crippen LogP contribution in [0.2, 0.25) is 5.02 Å². The first-order chi connectivity index (χ1) is 10.1. The number of alkyl halides is 1. The standard InChI is InChI=1S/C16H13BrCl2O2/c1-9-2-3-10(13(18)6-9)16(19)11-7-14-15(8-12(11)17)21-5-4-20-14/h2-3,6-8,16H,4-5H2,1H3. The highest BCUT2D eigenvalue weighted by Gasteiger charge is 2.21. The van der Waals surface area contributed by atoms with Crippen molar-refractivity contribution in [1.82, 2.24) is 0 Å². The summed E-state index contributed by atoms with van der Waals surface area (Å²) < 4.78 is 12.1. The number of fused-ring (bicyclic) bond motifs is 1. The fraction of sp³-hybridized carbons (Fsp3) is 0.250. The van der Waals surface area contributed by atoms with E-state index in [4.69, 9.17) is 32.7 Å². The van der Waals surface area contributed by atoms with Crippen molar-refractivity contribution in [2.75, 3.05) is 13.2 Å². The summed E-state index contributed by atoms with van der Waals surface area (Å²) in [4.78, 5) is 0. The Hall–Kier alpha value is -0.900. The molecule has 0 saturated carbocycles. The fourth-order valence-corrected chi connectivity index (χ4v) is 3.73. The molecule has 0 aliphatic carbocycles. The zero-order chi connectivity index (χ0) is 15.0. The summed E-state index contributed by atoms with van der Waals surface area (Å²) in [6.45, 7) is 3.11. The quantitative estimate of drug-likeness (QED) is 0.632. The van der Waals surface area contributed by atoms with Gasteiger partial charge < -0.3 is 9.47 Å². The zero-order valence-electron chi connectivity index (χ0n) is 11.3. The topological polar surface area (TPSA) is 18.5 Å². The van der Waals surface area contributed by atoms with Crippen LogP contribution in [0, 0.1) is 6.92 Å². The Morgan fingerprint density at radius 3 is 2.38 bits per heavy atom. The van der Waals surface area contributed by atoms with Crippen LogP contribution in [0.5, 0.6) is 11.5 Å². The minimum Gasteiger partial charge on any atom is -0.486 e. The van der Waals surface area contributed by atoms with Gasteiger partial charge in [-0.05, 0) is 41.8 Å². The molecule has 1 atom stereocenters. The van der Waals surface area contributed by atoms with Crippen LogP contribution in [-0.2, 0) is 0 Å². The van der Waals surface area contributed by atoms with E-state index >= 15 is 0 Å². The Balaban J connectivity index is 2.03. The molecule has 0 saturated heterocycles. The van der Waals surface area contributed by atoms with Gasteiger partial charge >= 0.3 is 0 Å². The highest BCUT2D eigenvalue weighted by molar-refractivity contribution is 9.10. The van der Waals surface area contributed by atoms with Crippen molar-refractivity contribution >= 4 is 39.1 Å². The van der Waals surface area contributed by atoms with Gasteiger partial charge in [-0.3, -0.25) is 0 Å². The number of halogens is 3. The third kappa shape index (κ3) is 3.01. The molecular formula is C16H13BrCl2O2. The molecule has 0 spiro atoms. The largest absolute Gasteiger partial charge is 0.486 e. The van der Waals surface area contributed by atoms with Crippen LogP contribution in [-0.4, -0.2) is 13.2 Å². The summed E-state index contributed by atoms with van der Waals surface area (Å²) in [7, 11) is 0. The summed E-state index contributed by atoms with van der Waals surface area (Å²) in [6, 6.07) is 9.67. The van der Waals surface area contributed by atoms with Crippen LogP contribution in [0.4, 0.5) is 0 Å². The van der Waals surface area contributed by atoms with Crippen LogP contribution in [0.1, 0.15) is 22.1 Å². The van der Waals surface area contributed by atoms with Gasteiger partial charge in [0.25, 0.3) is 0 Å². The van der Waals surface area contributed by atoms with Gasteiger partial charge in [0.05, 0.1) is 5.38 Å². The molecule has 1 aliphatic heterocycles. The molecule has 3 rings (SSSR count). The maximum Gasteiger partial charge on any atom is 0.162 e. The molecule has 1 aliphatic rings. The molecule has 0 N–H and O–H groups in total. The van der Waals surface area contributed by atoms with Crippen molar-refractivity contribution in [2.24, 2.45) is 0 Å². The van der Waals surface area contributed by atoms with E-state index in [9.17, 15) is 0 Å². The molecule has 0 amide bonds. The monoisotopic (exact) mass is 386 g/mol. The molecule has 110 valence electrons. The van der Waals surface area contributed by atoms with Gasteiger partial charge in [-0.25, -0.2) is 0 Å². The Labute approximate surface area is 142 Å². The van der Waals surface area contributed by atoms with E-state index < -0.39 is 0 Å². The average Bonchev–Trinajstić information content (AvgIpc) is 2.46. The number of benzene rings is 2. The Morgan fingerprint density at radius 2 is 1.71 bits per heavy atom. The number of rotatable bonds is 2. The number of aryl methyl sites for hydroxylation is 1. The highest BCUT2D eigenvalue weighted by Crippen LogP contribution is 2.43. The maximum atomic E-state index is 6.63. The number of hydrogen-bond donors (Lipinski definition) is 0. The van der Waals surface area contributed by atoms with Crippen molar-refractivity contribution in [3.8, 4) is 11.5 Å². The molecule has 5 heteroatoms. The second-order valence-electron chi connectivity index (χ2n) is 4.90. The lowest BCUT2D eigenvalue weighted by Crippen LogP contribution is -2.15. The fourth-order valence-electron chi connectivity index (χ4n) is 2.28. The normalized spacial score (nSPS) is 14.9. The van der Waals surface area contributed by atoms with Crippen molar-refractivity contribution in [3.63, 3.8) is 0 Å².